The van der Waals surface area contributed by atoms with Gasteiger partial charge in [-0.3, -0.25) is 19.8 Å². The van der Waals surface area contributed by atoms with Crippen LogP contribution in [0.2, 0.25) is 0 Å². The summed E-state index contributed by atoms with van der Waals surface area (Å²) >= 11 is 0. The number of hydrogen-bond donors (Lipinski definition) is 3. The van der Waals surface area contributed by atoms with Crippen molar-refractivity contribution < 1.29 is 18.8 Å². The van der Waals surface area contributed by atoms with Crippen LogP contribution in [-0.4, -0.2) is 37.5 Å². The zero-order valence-electron chi connectivity index (χ0n) is 14.2. The third-order valence-electron chi connectivity index (χ3n) is 4.04. The van der Waals surface area contributed by atoms with Crippen LogP contribution in [0.4, 0.5) is 14.9 Å². The van der Waals surface area contributed by atoms with Gasteiger partial charge >= 0.3 is 6.03 Å². The van der Waals surface area contributed by atoms with Gasteiger partial charge in [-0.05, 0) is 44.0 Å². The lowest BCUT2D eigenvalue weighted by Gasteiger charge is -2.28. The van der Waals surface area contributed by atoms with Gasteiger partial charge in [0, 0.05) is 25.2 Å². The number of nitrogens with zero attached hydrogens (tertiary/aromatic N) is 1. The zero-order valence-corrected chi connectivity index (χ0v) is 14.2. The number of benzene rings is 1. The molecule has 1 aromatic carbocycles. The van der Waals surface area contributed by atoms with Gasteiger partial charge in [-0.1, -0.05) is 6.42 Å². The molecule has 1 heterocycles. The first-order valence-corrected chi connectivity index (χ1v) is 8.33. The SMILES string of the molecule is Cc1cc(F)c(C(=O)NCCCCCN)cc1N1CCC(=O)NC1=O. The predicted molar refractivity (Wildman–Crippen MR) is 91.9 cm³/mol. The first-order valence-electron chi connectivity index (χ1n) is 8.33. The van der Waals surface area contributed by atoms with Gasteiger partial charge in [0.1, 0.15) is 5.82 Å². The summed E-state index contributed by atoms with van der Waals surface area (Å²) in [5, 5.41) is 4.89. The second-order valence-electron chi connectivity index (χ2n) is 5.98. The Kier molecular flexibility index (Phi) is 6.46. The van der Waals surface area contributed by atoms with Crippen LogP contribution in [0.15, 0.2) is 12.1 Å². The first kappa shape index (κ1) is 18.9. The Bertz CT molecular complexity index is 678. The number of hydrogen-bond acceptors (Lipinski definition) is 4. The number of aryl methyl sites for hydroxylation is 1. The molecule has 2 rings (SSSR count). The minimum atomic E-state index is -0.644. The fourth-order valence-electron chi connectivity index (χ4n) is 2.66. The number of rotatable bonds is 7. The number of nitrogens with two attached hydrogens (primary N) is 1. The van der Waals surface area contributed by atoms with Gasteiger partial charge in [0.05, 0.1) is 5.56 Å². The molecule has 1 fully saturated rings. The third kappa shape index (κ3) is 4.76. The lowest BCUT2D eigenvalue weighted by molar-refractivity contribution is -0.120. The molecule has 4 amide bonds. The van der Waals surface area contributed by atoms with Crippen LogP contribution >= 0.6 is 0 Å². The molecule has 136 valence electrons. The Labute approximate surface area is 145 Å². The largest absolute Gasteiger partial charge is 0.352 e. The van der Waals surface area contributed by atoms with E-state index in [1.165, 1.54) is 17.0 Å². The molecule has 0 saturated carbocycles. The van der Waals surface area contributed by atoms with E-state index in [1.807, 2.05) is 0 Å². The molecule has 25 heavy (non-hydrogen) atoms. The standard InChI is InChI=1S/C17H23FN4O3/c1-11-9-13(18)12(16(24)20-7-4-2-3-6-19)10-14(11)22-8-5-15(23)21-17(22)25/h9-10H,2-8,19H2,1H3,(H,20,24)(H,21,23,25). The summed E-state index contributed by atoms with van der Waals surface area (Å²) in [5.41, 5.74) is 6.22. The van der Waals surface area contributed by atoms with Gasteiger partial charge in [0.15, 0.2) is 0 Å². The lowest BCUT2D eigenvalue weighted by Crippen LogP contribution is -2.49. The van der Waals surface area contributed by atoms with Gasteiger partial charge in [-0.15, -0.1) is 0 Å². The van der Waals surface area contributed by atoms with Crippen molar-refractivity contribution in [1.29, 1.82) is 0 Å². The molecule has 0 spiro atoms. The van der Waals surface area contributed by atoms with Crippen LogP contribution in [0.3, 0.4) is 0 Å². The number of imide groups is 1. The van der Waals surface area contributed by atoms with Gasteiger partial charge < -0.3 is 11.1 Å². The molecule has 0 radical (unpaired) electrons. The summed E-state index contributed by atoms with van der Waals surface area (Å²) in [7, 11) is 0. The number of anilines is 1. The van der Waals surface area contributed by atoms with Crippen molar-refractivity contribution in [2.24, 2.45) is 5.73 Å². The van der Waals surface area contributed by atoms with Crippen LogP contribution in [0, 0.1) is 12.7 Å². The molecule has 1 aliphatic rings. The van der Waals surface area contributed by atoms with Gasteiger partial charge in [0.25, 0.3) is 5.91 Å². The number of halogens is 1. The Hall–Kier alpha value is -2.48. The van der Waals surface area contributed by atoms with Crippen LogP contribution in [-0.2, 0) is 4.79 Å². The van der Waals surface area contributed by atoms with E-state index in [9.17, 15) is 18.8 Å². The number of amides is 4. The number of urea groups is 1. The summed E-state index contributed by atoms with van der Waals surface area (Å²) in [6.45, 7) is 2.87. The van der Waals surface area contributed by atoms with Gasteiger partial charge in [-0.25, -0.2) is 9.18 Å². The molecule has 0 aromatic heterocycles. The highest BCUT2D eigenvalue weighted by Crippen LogP contribution is 2.25. The minimum Gasteiger partial charge on any atom is -0.352 e. The summed E-state index contributed by atoms with van der Waals surface area (Å²) < 4.78 is 14.2. The van der Waals surface area contributed by atoms with E-state index in [1.54, 1.807) is 6.92 Å². The molecule has 0 atom stereocenters. The van der Waals surface area contributed by atoms with Crippen molar-refractivity contribution in [2.45, 2.75) is 32.6 Å². The smallest absolute Gasteiger partial charge is 0.328 e. The van der Waals surface area contributed by atoms with E-state index in [-0.39, 0.29) is 24.4 Å². The van der Waals surface area contributed by atoms with E-state index in [0.717, 1.165) is 19.3 Å². The monoisotopic (exact) mass is 350 g/mol. The molecule has 0 bridgehead atoms. The maximum absolute atomic E-state index is 14.2. The van der Waals surface area contributed by atoms with E-state index in [2.05, 4.69) is 10.6 Å². The van der Waals surface area contributed by atoms with E-state index < -0.39 is 17.8 Å². The van der Waals surface area contributed by atoms with Crippen LogP contribution in [0.5, 0.6) is 0 Å². The summed E-state index contributed by atoms with van der Waals surface area (Å²) in [6.07, 6.45) is 2.69. The van der Waals surface area contributed by atoms with Crippen molar-refractivity contribution in [2.75, 3.05) is 24.5 Å². The number of unbranched alkanes of at least 4 members (excludes halogenated alkanes) is 2. The Morgan fingerprint density at radius 3 is 2.76 bits per heavy atom. The van der Waals surface area contributed by atoms with Crippen molar-refractivity contribution in [3.8, 4) is 0 Å². The average Bonchev–Trinajstić information content (AvgIpc) is 2.55. The van der Waals surface area contributed by atoms with Gasteiger partial charge in [-0.2, -0.15) is 0 Å². The van der Waals surface area contributed by atoms with E-state index in [0.29, 0.717) is 24.3 Å². The summed E-state index contributed by atoms with van der Waals surface area (Å²) in [5.74, 6) is -1.52. The number of carbonyl (C=O) groups is 3. The van der Waals surface area contributed by atoms with Crippen molar-refractivity contribution in [3.05, 3.63) is 29.1 Å². The normalized spacial score (nSPS) is 14.4. The fraction of sp³-hybridized carbons (Fsp3) is 0.471. The van der Waals surface area contributed by atoms with Gasteiger partial charge in [0.2, 0.25) is 5.91 Å². The minimum absolute atomic E-state index is 0.121. The number of carbonyl (C=O) groups excluding carboxylic acids is 3. The van der Waals surface area contributed by atoms with Crippen molar-refractivity contribution in [3.63, 3.8) is 0 Å². The second-order valence-corrected chi connectivity index (χ2v) is 5.98. The van der Waals surface area contributed by atoms with Crippen LogP contribution in [0.25, 0.3) is 0 Å². The molecule has 1 aliphatic heterocycles. The molecular formula is C17H23FN4O3. The predicted octanol–water partition coefficient (Wildman–Crippen LogP) is 1.44. The van der Waals surface area contributed by atoms with Crippen molar-refractivity contribution >= 4 is 23.5 Å². The maximum atomic E-state index is 14.2. The Balaban J connectivity index is 2.13. The Morgan fingerprint density at radius 1 is 1.32 bits per heavy atom. The summed E-state index contributed by atoms with van der Waals surface area (Å²) in [4.78, 5) is 36.8. The summed E-state index contributed by atoms with van der Waals surface area (Å²) in [6, 6.07) is 2.01. The molecule has 7 nitrogen and oxygen atoms in total. The molecule has 0 unspecified atom stereocenters. The topological polar surface area (TPSA) is 105 Å². The highest BCUT2D eigenvalue weighted by molar-refractivity contribution is 6.06. The third-order valence-corrected chi connectivity index (χ3v) is 4.04. The molecule has 1 saturated heterocycles. The van der Waals surface area contributed by atoms with Crippen LogP contribution < -0.4 is 21.3 Å². The Morgan fingerprint density at radius 2 is 2.08 bits per heavy atom. The first-order chi connectivity index (χ1) is 11.9. The molecule has 0 aliphatic carbocycles. The maximum Gasteiger partial charge on any atom is 0.328 e. The highest BCUT2D eigenvalue weighted by Gasteiger charge is 2.27. The van der Waals surface area contributed by atoms with Crippen molar-refractivity contribution in [1.82, 2.24) is 10.6 Å². The van der Waals surface area contributed by atoms with E-state index in [4.69, 9.17) is 5.73 Å². The van der Waals surface area contributed by atoms with Crippen LogP contribution in [0.1, 0.15) is 41.6 Å². The molecule has 8 heteroatoms. The molecule has 4 N–H and O–H groups in total. The van der Waals surface area contributed by atoms with E-state index >= 15 is 0 Å². The average molecular weight is 350 g/mol. The fourth-order valence-corrected chi connectivity index (χ4v) is 2.66. The lowest BCUT2D eigenvalue weighted by atomic mass is 10.1. The quantitative estimate of drug-likeness (QED) is 0.647. The number of nitrogens with one attached hydrogen (secondary N) is 2. The second kappa shape index (κ2) is 8.57. The zero-order chi connectivity index (χ0) is 18.4. The highest BCUT2D eigenvalue weighted by atomic mass is 19.1. The molecule has 1 aromatic rings. The molecular weight excluding hydrogens is 327 g/mol.